The lowest BCUT2D eigenvalue weighted by Crippen LogP contribution is -2.27. The molecule has 5 nitrogen and oxygen atoms in total. The van der Waals surface area contributed by atoms with Crippen LogP contribution in [0.2, 0.25) is 0 Å². The molecule has 26 heavy (non-hydrogen) atoms. The topological polar surface area (TPSA) is 59.8 Å². The fourth-order valence-electron chi connectivity index (χ4n) is 3.38. The van der Waals surface area contributed by atoms with E-state index in [2.05, 4.69) is 39.0 Å². The zero-order valence-electron chi connectivity index (χ0n) is 15.0. The van der Waals surface area contributed by atoms with E-state index < -0.39 is 0 Å². The molecule has 4 rings (SSSR count). The molecule has 0 aromatic carbocycles. The molecular weight excluding hydrogens is 364 g/mol. The number of fused-ring (bicyclic) bond motifs is 1. The summed E-state index contributed by atoms with van der Waals surface area (Å²) < 4.78 is 2.09. The molecule has 0 saturated heterocycles. The van der Waals surface area contributed by atoms with Gasteiger partial charge in [-0.05, 0) is 43.6 Å². The van der Waals surface area contributed by atoms with Gasteiger partial charge in [-0.25, -0.2) is 0 Å². The average molecular weight is 389 g/mol. The normalized spacial score (nSPS) is 19.2. The van der Waals surface area contributed by atoms with Crippen LogP contribution in [-0.2, 0) is 24.2 Å². The third-order valence-corrected chi connectivity index (χ3v) is 6.96. The van der Waals surface area contributed by atoms with Gasteiger partial charge in [0.1, 0.15) is 0 Å². The zero-order valence-corrected chi connectivity index (χ0v) is 16.7. The summed E-state index contributed by atoms with van der Waals surface area (Å²) in [5.41, 5.74) is 2.65. The van der Waals surface area contributed by atoms with Gasteiger partial charge in [-0.15, -0.1) is 28.1 Å². The first-order valence-electron chi connectivity index (χ1n) is 9.21. The van der Waals surface area contributed by atoms with Crippen LogP contribution in [0.25, 0.3) is 11.4 Å². The minimum absolute atomic E-state index is 0.0779. The molecule has 2 aliphatic rings. The predicted molar refractivity (Wildman–Crippen MR) is 107 cm³/mol. The fraction of sp³-hybridized carbons (Fsp3) is 0.526. The number of allylic oxidation sites excluding steroid dienone is 1. The molecule has 1 saturated carbocycles. The highest BCUT2D eigenvalue weighted by atomic mass is 32.2. The van der Waals surface area contributed by atoms with Crippen molar-refractivity contribution in [1.29, 1.82) is 0 Å². The van der Waals surface area contributed by atoms with E-state index in [1.54, 1.807) is 0 Å². The summed E-state index contributed by atoms with van der Waals surface area (Å²) in [6.07, 6.45) is 7.59. The van der Waals surface area contributed by atoms with Crippen molar-refractivity contribution < 1.29 is 4.79 Å². The Morgan fingerprint density at radius 3 is 3.08 bits per heavy atom. The zero-order chi connectivity index (χ0) is 18.1. The van der Waals surface area contributed by atoms with Gasteiger partial charge < -0.3 is 5.32 Å². The number of carbonyl (C=O) groups excluding carboxylic acids is 1. The molecule has 1 amide bonds. The molecule has 1 atom stereocenters. The van der Waals surface area contributed by atoms with Gasteiger partial charge in [-0.2, -0.15) is 0 Å². The Bertz CT molecular complexity index is 822. The molecule has 0 spiro atoms. The first kappa shape index (κ1) is 17.8. The minimum Gasteiger partial charge on any atom is -0.353 e. The van der Waals surface area contributed by atoms with Crippen molar-refractivity contribution >= 4 is 29.0 Å². The first-order valence-corrected chi connectivity index (χ1v) is 11.1. The van der Waals surface area contributed by atoms with Gasteiger partial charge >= 0.3 is 0 Å². The number of hydrogen-bond acceptors (Lipinski definition) is 5. The maximum atomic E-state index is 12.0. The highest BCUT2D eigenvalue weighted by molar-refractivity contribution is 7.99. The molecule has 1 unspecified atom stereocenters. The summed E-state index contributed by atoms with van der Waals surface area (Å²) in [4.78, 5) is 13.5. The van der Waals surface area contributed by atoms with Gasteiger partial charge in [0.25, 0.3) is 0 Å². The molecule has 1 fully saturated rings. The molecule has 2 heterocycles. The predicted octanol–water partition coefficient (Wildman–Crippen LogP) is 3.69. The van der Waals surface area contributed by atoms with E-state index in [9.17, 15) is 4.79 Å². The number of nitrogens with one attached hydrogen (secondary N) is 1. The van der Waals surface area contributed by atoms with Gasteiger partial charge in [0.2, 0.25) is 5.91 Å². The van der Waals surface area contributed by atoms with Gasteiger partial charge in [-0.3, -0.25) is 9.36 Å². The van der Waals surface area contributed by atoms with E-state index in [4.69, 9.17) is 0 Å². The number of hydrogen-bond donors (Lipinski definition) is 1. The number of rotatable bonds is 7. The smallest absolute Gasteiger partial charge is 0.230 e. The largest absolute Gasteiger partial charge is 0.353 e. The first-order chi connectivity index (χ1) is 12.7. The Labute approximate surface area is 162 Å². The van der Waals surface area contributed by atoms with Gasteiger partial charge in [-0.1, -0.05) is 24.8 Å². The number of amides is 1. The molecule has 2 aromatic rings. The van der Waals surface area contributed by atoms with Crippen molar-refractivity contribution in [1.82, 2.24) is 20.1 Å². The second-order valence-corrected chi connectivity index (χ2v) is 9.14. The SMILES string of the molecule is C=CCn1c(SCC(=O)NC2CC2)nnc1-c1csc2c1CCC(C)C2. The van der Waals surface area contributed by atoms with Crippen molar-refractivity contribution in [2.75, 3.05) is 5.75 Å². The van der Waals surface area contributed by atoms with E-state index in [0.29, 0.717) is 18.3 Å². The lowest BCUT2D eigenvalue weighted by molar-refractivity contribution is -0.118. The molecule has 2 aromatic heterocycles. The van der Waals surface area contributed by atoms with Crippen molar-refractivity contribution in [3.05, 3.63) is 28.5 Å². The van der Waals surface area contributed by atoms with Crippen molar-refractivity contribution in [2.24, 2.45) is 5.92 Å². The summed E-state index contributed by atoms with van der Waals surface area (Å²) in [6, 6.07) is 0.393. The van der Waals surface area contributed by atoms with E-state index in [1.165, 1.54) is 40.6 Å². The van der Waals surface area contributed by atoms with Gasteiger partial charge in [0, 0.05) is 28.4 Å². The van der Waals surface area contributed by atoms with Gasteiger partial charge in [0.05, 0.1) is 5.75 Å². The van der Waals surface area contributed by atoms with Crippen LogP contribution in [0.3, 0.4) is 0 Å². The van der Waals surface area contributed by atoms with Crippen LogP contribution in [0.15, 0.2) is 23.2 Å². The fourth-order valence-corrected chi connectivity index (χ4v) is 5.38. The maximum Gasteiger partial charge on any atom is 0.230 e. The Hall–Kier alpha value is -1.60. The number of aromatic nitrogens is 3. The number of thiophene rings is 1. The summed E-state index contributed by atoms with van der Waals surface area (Å²) in [5.74, 6) is 2.12. The second-order valence-electron chi connectivity index (χ2n) is 7.24. The van der Waals surface area contributed by atoms with E-state index in [0.717, 1.165) is 36.2 Å². The van der Waals surface area contributed by atoms with E-state index >= 15 is 0 Å². The molecule has 138 valence electrons. The van der Waals surface area contributed by atoms with Crippen molar-refractivity contribution in [2.45, 2.75) is 56.8 Å². The van der Waals surface area contributed by atoms with Crippen LogP contribution >= 0.6 is 23.1 Å². The summed E-state index contributed by atoms with van der Waals surface area (Å²) in [6.45, 7) is 6.85. The van der Waals surface area contributed by atoms with Crippen LogP contribution in [0.4, 0.5) is 0 Å². The molecule has 1 N–H and O–H groups in total. The summed E-state index contributed by atoms with van der Waals surface area (Å²) in [5, 5.41) is 14.9. The Morgan fingerprint density at radius 1 is 1.46 bits per heavy atom. The van der Waals surface area contributed by atoms with Crippen LogP contribution < -0.4 is 5.32 Å². The molecule has 0 radical (unpaired) electrons. The van der Waals surface area contributed by atoms with Crippen molar-refractivity contribution in [3.63, 3.8) is 0 Å². The third kappa shape index (κ3) is 3.74. The minimum atomic E-state index is 0.0779. The monoisotopic (exact) mass is 388 g/mol. The molecule has 0 aliphatic heterocycles. The highest BCUT2D eigenvalue weighted by Crippen LogP contribution is 2.38. The third-order valence-electron chi connectivity index (χ3n) is 4.95. The van der Waals surface area contributed by atoms with Crippen molar-refractivity contribution in [3.8, 4) is 11.4 Å². The Kier molecular flexibility index (Phi) is 5.18. The lowest BCUT2D eigenvalue weighted by atomic mass is 9.88. The number of thioether (sulfide) groups is 1. The highest BCUT2D eigenvalue weighted by Gasteiger charge is 2.25. The van der Waals surface area contributed by atoms with Crippen LogP contribution in [0.5, 0.6) is 0 Å². The quantitative estimate of drug-likeness (QED) is 0.580. The van der Waals surface area contributed by atoms with E-state index in [-0.39, 0.29) is 5.91 Å². The molecule has 7 heteroatoms. The molecule has 0 bridgehead atoms. The molecule has 2 aliphatic carbocycles. The summed E-state index contributed by atoms with van der Waals surface area (Å²) in [7, 11) is 0. The Morgan fingerprint density at radius 2 is 2.31 bits per heavy atom. The van der Waals surface area contributed by atoms with E-state index in [1.807, 2.05) is 17.4 Å². The molecular formula is C19H24N4OS2. The average Bonchev–Trinajstić information content (AvgIpc) is 3.20. The Balaban J connectivity index is 1.56. The second kappa shape index (κ2) is 7.56. The van der Waals surface area contributed by atoms with Crippen LogP contribution in [-0.4, -0.2) is 32.5 Å². The van der Waals surface area contributed by atoms with Gasteiger partial charge in [0.15, 0.2) is 11.0 Å². The van der Waals surface area contributed by atoms with Crippen LogP contribution in [0, 0.1) is 5.92 Å². The maximum absolute atomic E-state index is 12.0. The lowest BCUT2D eigenvalue weighted by Gasteiger charge is -2.19. The standard InChI is InChI=1S/C19H24N4OS2/c1-3-8-23-18(15-10-25-16-9-12(2)4-7-14(15)16)21-22-19(23)26-11-17(24)20-13-5-6-13/h3,10,12-13H,1,4-9,11H2,2H3,(H,20,24). The number of carbonyl (C=O) groups is 1. The number of nitrogens with zero attached hydrogens (tertiary/aromatic N) is 3. The summed E-state index contributed by atoms with van der Waals surface area (Å²) >= 11 is 3.29. The van der Waals surface area contributed by atoms with Crippen LogP contribution in [0.1, 0.15) is 36.6 Å².